The lowest BCUT2D eigenvalue weighted by Gasteiger charge is -2.27. The number of rotatable bonds is 3. The molecule has 3 atom stereocenters. The van der Waals surface area contributed by atoms with Crippen LogP contribution in [0.15, 0.2) is 23.8 Å². The fourth-order valence-corrected chi connectivity index (χ4v) is 2.11. The number of alkyl halides is 1. The molecule has 1 aliphatic carbocycles. The monoisotopic (exact) mass is 270 g/mol. The first-order chi connectivity index (χ1) is 6.85. The van der Waals surface area contributed by atoms with E-state index >= 15 is 0 Å². The van der Waals surface area contributed by atoms with Crippen molar-refractivity contribution in [3.63, 3.8) is 0 Å². The van der Waals surface area contributed by atoms with Crippen molar-refractivity contribution in [1.29, 1.82) is 0 Å². The van der Waals surface area contributed by atoms with Crippen molar-refractivity contribution < 1.29 is 0 Å². The zero-order valence-electron chi connectivity index (χ0n) is 10.5. The lowest BCUT2D eigenvalue weighted by Crippen LogP contribution is -2.18. The molecule has 0 saturated carbocycles. The van der Waals surface area contributed by atoms with Gasteiger partial charge < -0.3 is 0 Å². The van der Waals surface area contributed by atoms with Crippen molar-refractivity contribution in [2.45, 2.75) is 45.9 Å². The Morgan fingerprint density at radius 2 is 2.07 bits per heavy atom. The van der Waals surface area contributed by atoms with Crippen LogP contribution in [0, 0.1) is 17.3 Å². The molecule has 0 aromatic heterocycles. The Morgan fingerprint density at radius 1 is 1.47 bits per heavy atom. The van der Waals surface area contributed by atoms with Gasteiger partial charge in [-0.1, -0.05) is 67.4 Å². The third-order valence-electron chi connectivity index (χ3n) is 3.99. The van der Waals surface area contributed by atoms with Crippen LogP contribution in [-0.4, -0.2) is 4.83 Å². The van der Waals surface area contributed by atoms with Gasteiger partial charge in [-0.15, -0.1) is 0 Å². The van der Waals surface area contributed by atoms with Gasteiger partial charge in [0, 0.05) is 4.83 Å². The van der Waals surface area contributed by atoms with Gasteiger partial charge in [-0.3, -0.25) is 0 Å². The van der Waals surface area contributed by atoms with Gasteiger partial charge in [0.25, 0.3) is 0 Å². The van der Waals surface area contributed by atoms with E-state index in [0.717, 1.165) is 0 Å². The molecule has 0 aromatic rings. The van der Waals surface area contributed by atoms with Crippen LogP contribution in [0.3, 0.4) is 0 Å². The highest BCUT2D eigenvalue weighted by molar-refractivity contribution is 9.09. The first-order valence-corrected chi connectivity index (χ1v) is 6.77. The summed E-state index contributed by atoms with van der Waals surface area (Å²) < 4.78 is 0. The van der Waals surface area contributed by atoms with Crippen molar-refractivity contribution in [3.05, 3.63) is 23.8 Å². The molecule has 0 aliphatic heterocycles. The van der Waals surface area contributed by atoms with Crippen molar-refractivity contribution in [2.24, 2.45) is 17.3 Å². The first-order valence-electron chi connectivity index (χ1n) is 5.85. The quantitative estimate of drug-likeness (QED) is 0.503. The fourth-order valence-electron chi connectivity index (χ4n) is 1.94. The van der Waals surface area contributed by atoms with E-state index in [1.54, 1.807) is 0 Å². The molecule has 0 heterocycles. The second kappa shape index (κ2) is 4.86. The molecule has 1 heteroatoms. The van der Waals surface area contributed by atoms with Gasteiger partial charge in [0.15, 0.2) is 0 Å². The Bertz CT molecular complexity index is 271. The summed E-state index contributed by atoms with van der Waals surface area (Å²) in [6.07, 6.45) is 8.36. The van der Waals surface area contributed by atoms with E-state index in [0.29, 0.717) is 22.1 Å². The Kier molecular flexibility index (Phi) is 4.22. The van der Waals surface area contributed by atoms with E-state index in [1.165, 1.54) is 12.0 Å². The fraction of sp³-hybridized carbons (Fsp3) is 0.714. The molecule has 0 bridgehead atoms. The lowest BCUT2D eigenvalue weighted by molar-refractivity contribution is 0.350. The summed E-state index contributed by atoms with van der Waals surface area (Å²) in [4.78, 5) is 0.562. The van der Waals surface area contributed by atoms with Crippen LogP contribution in [0.4, 0.5) is 0 Å². The second-order valence-corrected chi connectivity index (χ2v) is 6.82. The molecule has 3 unspecified atom stereocenters. The van der Waals surface area contributed by atoms with Gasteiger partial charge in [0.1, 0.15) is 0 Å². The van der Waals surface area contributed by atoms with Gasteiger partial charge in [-0.05, 0) is 30.6 Å². The number of halogens is 1. The Morgan fingerprint density at radius 3 is 2.47 bits per heavy atom. The average molecular weight is 271 g/mol. The van der Waals surface area contributed by atoms with Crippen LogP contribution in [0.1, 0.15) is 41.0 Å². The van der Waals surface area contributed by atoms with E-state index in [9.17, 15) is 0 Å². The van der Waals surface area contributed by atoms with E-state index in [4.69, 9.17) is 0 Å². The number of hydrogen-bond acceptors (Lipinski definition) is 0. The highest BCUT2D eigenvalue weighted by Crippen LogP contribution is 2.43. The van der Waals surface area contributed by atoms with Crippen LogP contribution in [-0.2, 0) is 0 Å². The molecule has 0 radical (unpaired) electrons. The first kappa shape index (κ1) is 13.0. The van der Waals surface area contributed by atoms with Crippen molar-refractivity contribution in [2.75, 3.05) is 0 Å². The van der Waals surface area contributed by atoms with E-state index in [2.05, 4.69) is 68.8 Å². The third-order valence-corrected chi connectivity index (χ3v) is 4.83. The number of hydrogen-bond donors (Lipinski definition) is 0. The molecular formula is C14H23Br. The Labute approximate surface area is 103 Å². The Balaban J connectivity index is 2.62. The smallest absolute Gasteiger partial charge is 0.0177 e. The molecule has 0 spiro atoms. The minimum absolute atomic E-state index is 0.353. The summed E-state index contributed by atoms with van der Waals surface area (Å²) in [5, 5.41) is 0. The van der Waals surface area contributed by atoms with Crippen LogP contribution in [0.5, 0.6) is 0 Å². The maximum Gasteiger partial charge on any atom is 0.0177 e. The molecule has 86 valence electrons. The zero-order chi connectivity index (χ0) is 11.6. The van der Waals surface area contributed by atoms with Crippen LogP contribution in [0.25, 0.3) is 0 Å². The molecule has 0 N–H and O–H groups in total. The summed E-state index contributed by atoms with van der Waals surface area (Å²) in [6, 6.07) is 0. The average Bonchev–Trinajstić information content (AvgIpc) is 2.39. The predicted octanol–water partition coefficient (Wildman–Crippen LogP) is 4.95. The summed E-state index contributed by atoms with van der Waals surface area (Å²) >= 11 is 3.63. The van der Waals surface area contributed by atoms with E-state index in [1.807, 2.05) is 0 Å². The van der Waals surface area contributed by atoms with Crippen molar-refractivity contribution in [3.8, 4) is 0 Å². The molecule has 0 nitrogen and oxygen atoms in total. The maximum atomic E-state index is 3.63. The van der Waals surface area contributed by atoms with E-state index in [-0.39, 0.29) is 0 Å². The van der Waals surface area contributed by atoms with Gasteiger partial charge in [0.2, 0.25) is 0 Å². The maximum absolute atomic E-state index is 3.63. The SMILES string of the molecule is CC1=CCC(/C=C/C(C)C(C)Br)C1(C)C. The summed E-state index contributed by atoms with van der Waals surface area (Å²) in [5.74, 6) is 1.30. The van der Waals surface area contributed by atoms with Crippen LogP contribution in [0.2, 0.25) is 0 Å². The highest BCUT2D eigenvalue weighted by atomic mass is 79.9. The standard InChI is InChI=1S/C14H23Br/c1-10(12(3)15)6-8-13-9-7-11(2)14(13,4)5/h6-8,10,12-13H,9H2,1-5H3/b8-6+. The second-order valence-electron chi connectivity index (χ2n) is 5.37. The summed E-state index contributed by atoms with van der Waals surface area (Å²) in [7, 11) is 0. The highest BCUT2D eigenvalue weighted by Gasteiger charge is 2.32. The van der Waals surface area contributed by atoms with Crippen molar-refractivity contribution in [1.82, 2.24) is 0 Å². The topological polar surface area (TPSA) is 0 Å². The van der Waals surface area contributed by atoms with Gasteiger partial charge in [-0.2, -0.15) is 0 Å². The Hall–Kier alpha value is -0.0400. The normalized spacial score (nSPS) is 29.2. The molecule has 0 amide bonds. The molecule has 1 aliphatic rings. The summed E-state index contributed by atoms with van der Waals surface area (Å²) in [5.41, 5.74) is 1.89. The summed E-state index contributed by atoms with van der Waals surface area (Å²) in [6.45, 7) is 11.4. The van der Waals surface area contributed by atoms with Crippen LogP contribution < -0.4 is 0 Å². The third kappa shape index (κ3) is 2.96. The van der Waals surface area contributed by atoms with Crippen molar-refractivity contribution >= 4 is 15.9 Å². The van der Waals surface area contributed by atoms with Gasteiger partial charge >= 0.3 is 0 Å². The molecule has 0 aromatic carbocycles. The van der Waals surface area contributed by atoms with Gasteiger partial charge in [0.05, 0.1) is 0 Å². The predicted molar refractivity (Wildman–Crippen MR) is 72.3 cm³/mol. The molecule has 0 saturated heterocycles. The molecule has 0 fully saturated rings. The van der Waals surface area contributed by atoms with Gasteiger partial charge in [-0.25, -0.2) is 0 Å². The van der Waals surface area contributed by atoms with E-state index < -0.39 is 0 Å². The molecule has 1 rings (SSSR count). The minimum atomic E-state index is 0.353. The van der Waals surface area contributed by atoms with Crippen LogP contribution >= 0.6 is 15.9 Å². The number of allylic oxidation sites excluding steroid dienone is 4. The molecular weight excluding hydrogens is 248 g/mol. The lowest BCUT2D eigenvalue weighted by atomic mass is 9.77. The zero-order valence-corrected chi connectivity index (χ0v) is 12.1. The molecule has 15 heavy (non-hydrogen) atoms. The minimum Gasteiger partial charge on any atom is -0.0887 e. The largest absolute Gasteiger partial charge is 0.0887 e.